The van der Waals surface area contributed by atoms with Gasteiger partial charge in [-0.25, -0.2) is 0 Å². The van der Waals surface area contributed by atoms with Crippen molar-refractivity contribution in [1.82, 2.24) is 14.7 Å². The molecule has 0 saturated carbocycles. The Kier molecular flexibility index (Phi) is 7.06. The molecule has 1 saturated heterocycles. The van der Waals surface area contributed by atoms with Gasteiger partial charge in [0, 0.05) is 32.7 Å². The average Bonchev–Trinajstić information content (AvgIpc) is 2.67. The van der Waals surface area contributed by atoms with Crippen molar-refractivity contribution < 1.29 is 9.53 Å². The van der Waals surface area contributed by atoms with Gasteiger partial charge in [-0.2, -0.15) is 0 Å². The summed E-state index contributed by atoms with van der Waals surface area (Å²) in [6.07, 6.45) is 0. The van der Waals surface area contributed by atoms with Crippen LogP contribution in [0.5, 0.6) is 5.75 Å². The third-order valence-electron chi connectivity index (χ3n) is 5.03. The Balaban J connectivity index is 1.46. The van der Waals surface area contributed by atoms with Crippen molar-refractivity contribution in [2.75, 3.05) is 46.9 Å². The quantitative estimate of drug-likeness (QED) is 0.705. The second-order valence-corrected chi connectivity index (χ2v) is 7.81. The fourth-order valence-corrected chi connectivity index (χ4v) is 3.27. The van der Waals surface area contributed by atoms with Crippen molar-refractivity contribution in [3.63, 3.8) is 0 Å². The van der Waals surface area contributed by atoms with Gasteiger partial charge in [0.2, 0.25) is 5.91 Å². The van der Waals surface area contributed by atoms with Gasteiger partial charge in [0.15, 0.2) is 0 Å². The lowest BCUT2D eigenvalue weighted by atomic mass is 10.1. The molecular weight excluding hydrogens is 350 g/mol. The lowest BCUT2D eigenvalue weighted by Crippen LogP contribution is -2.49. The van der Waals surface area contributed by atoms with Gasteiger partial charge in [-0.05, 0) is 44.3 Å². The minimum atomic E-state index is 0.204. The topological polar surface area (TPSA) is 36.0 Å². The molecule has 150 valence electrons. The number of hydrogen-bond donors (Lipinski definition) is 0. The number of hydrogen-bond acceptors (Lipinski definition) is 4. The Morgan fingerprint density at radius 1 is 0.929 bits per heavy atom. The molecule has 1 amide bonds. The van der Waals surface area contributed by atoms with Crippen LogP contribution in [-0.4, -0.2) is 67.5 Å². The van der Waals surface area contributed by atoms with E-state index >= 15 is 0 Å². The molecule has 0 atom stereocenters. The van der Waals surface area contributed by atoms with E-state index in [4.69, 9.17) is 4.74 Å². The van der Waals surface area contributed by atoms with Crippen molar-refractivity contribution in [3.05, 3.63) is 65.2 Å². The number of rotatable bonds is 8. The number of carbonyl (C=O) groups excluding carboxylic acids is 1. The fraction of sp³-hybridized carbons (Fsp3) is 0.435. The highest BCUT2D eigenvalue weighted by Crippen LogP contribution is 2.16. The van der Waals surface area contributed by atoms with Crippen molar-refractivity contribution in [2.24, 2.45) is 0 Å². The summed E-state index contributed by atoms with van der Waals surface area (Å²) in [5.74, 6) is 1.10. The van der Waals surface area contributed by atoms with E-state index in [1.54, 1.807) is 0 Å². The van der Waals surface area contributed by atoms with Crippen LogP contribution in [0.1, 0.15) is 16.7 Å². The fourth-order valence-electron chi connectivity index (χ4n) is 3.27. The molecule has 1 aliphatic heterocycles. The van der Waals surface area contributed by atoms with Gasteiger partial charge in [-0.1, -0.05) is 42.0 Å². The molecule has 0 aromatic heterocycles. The van der Waals surface area contributed by atoms with Crippen molar-refractivity contribution in [2.45, 2.75) is 20.0 Å². The first-order valence-corrected chi connectivity index (χ1v) is 9.92. The molecule has 0 spiro atoms. The second-order valence-electron chi connectivity index (χ2n) is 7.81. The Morgan fingerprint density at radius 3 is 2.21 bits per heavy atom. The Bertz CT molecular complexity index is 756. The van der Waals surface area contributed by atoms with Crippen molar-refractivity contribution >= 4 is 5.91 Å². The summed E-state index contributed by atoms with van der Waals surface area (Å²) < 4.78 is 5.74. The number of amides is 1. The molecule has 2 aromatic carbocycles. The van der Waals surface area contributed by atoms with Gasteiger partial charge in [0.25, 0.3) is 0 Å². The first-order chi connectivity index (χ1) is 13.5. The number of nitrogens with zero attached hydrogens (tertiary/aromatic N) is 3. The zero-order valence-electron chi connectivity index (χ0n) is 17.2. The Morgan fingerprint density at radius 2 is 1.57 bits per heavy atom. The van der Waals surface area contributed by atoms with Gasteiger partial charge in [0.1, 0.15) is 12.4 Å². The van der Waals surface area contributed by atoms with Crippen molar-refractivity contribution in [3.8, 4) is 5.75 Å². The minimum absolute atomic E-state index is 0.204. The van der Waals surface area contributed by atoms with E-state index in [0.717, 1.165) is 31.9 Å². The Labute approximate surface area is 168 Å². The van der Waals surface area contributed by atoms with Gasteiger partial charge >= 0.3 is 0 Å². The zero-order chi connectivity index (χ0) is 19.9. The van der Waals surface area contributed by atoms with Crippen LogP contribution in [0.4, 0.5) is 0 Å². The summed E-state index contributed by atoms with van der Waals surface area (Å²) >= 11 is 0. The van der Waals surface area contributed by atoms with E-state index in [2.05, 4.69) is 53.1 Å². The SMILES string of the molecule is Cc1ccc(CN2CCN(Cc3ccc(OCCN(C)C)cc3)CC2=O)cc1. The number of piperazine rings is 1. The van der Waals surface area contributed by atoms with E-state index in [9.17, 15) is 4.79 Å². The molecule has 5 nitrogen and oxygen atoms in total. The predicted molar refractivity (Wildman–Crippen MR) is 112 cm³/mol. The maximum Gasteiger partial charge on any atom is 0.237 e. The van der Waals surface area contributed by atoms with Crippen LogP contribution in [0.25, 0.3) is 0 Å². The molecular formula is C23H31N3O2. The number of aryl methyl sites for hydroxylation is 1. The largest absolute Gasteiger partial charge is 0.492 e. The van der Waals surface area contributed by atoms with Crippen LogP contribution < -0.4 is 4.74 Å². The van der Waals surface area contributed by atoms with E-state index < -0.39 is 0 Å². The van der Waals surface area contributed by atoms with Crippen LogP contribution in [-0.2, 0) is 17.9 Å². The molecule has 2 aromatic rings. The number of likely N-dealkylation sites (N-methyl/N-ethyl adjacent to an activating group) is 1. The van der Waals surface area contributed by atoms with Gasteiger partial charge in [-0.15, -0.1) is 0 Å². The van der Waals surface area contributed by atoms with Gasteiger partial charge in [0.05, 0.1) is 6.54 Å². The van der Waals surface area contributed by atoms with E-state index in [1.165, 1.54) is 16.7 Å². The summed E-state index contributed by atoms with van der Waals surface area (Å²) in [5, 5.41) is 0. The molecule has 1 fully saturated rings. The summed E-state index contributed by atoms with van der Waals surface area (Å²) in [4.78, 5) is 18.8. The average molecular weight is 382 g/mol. The molecule has 0 N–H and O–H groups in total. The summed E-state index contributed by atoms with van der Waals surface area (Å²) in [5.41, 5.74) is 3.64. The van der Waals surface area contributed by atoms with Gasteiger partial charge < -0.3 is 14.5 Å². The molecule has 0 bridgehead atoms. The molecule has 0 radical (unpaired) electrons. The van der Waals surface area contributed by atoms with Crippen molar-refractivity contribution in [1.29, 1.82) is 0 Å². The van der Waals surface area contributed by atoms with Crippen LogP contribution in [0.2, 0.25) is 0 Å². The van der Waals surface area contributed by atoms with Crippen LogP contribution in [0.3, 0.4) is 0 Å². The third-order valence-corrected chi connectivity index (χ3v) is 5.03. The van der Waals surface area contributed by atoms with Crippen LogP contribution in [0, 0.1) is 6.92 Å². The van der Waals surface area contributed by atoms with E-state index in [1.807, 2.05) is 31.1 Å². The first kappa shape index (κ1) is 20.4. The Hall–Kier alpha value is -2.37. The normalized spacial score (nSPS) is 15.3. The van der Waals surface area contributed by atoms with Crippen LogP contribution >= 0.6 is 0 Å². The molecule has 0 unspecified atom stereocenters. The predicted octanol–water partition coefficient (Wildman–Crippen LogP) is 2.78. The molecule has 1 aliphatic rings. The molecule has 0 aliphatic carbocycles. The lowest BCUT2D eigenvalue weighted by Gasteiger charge is -2.34. The second kappa shape index (κ2) is 9.71. The van der Waals surface area contributed by atoms with E-state index in [-0.39, 0.29) is 5.91 Å². The first-order valence-electron chi connectivity index (χ1n) is 9.92. The third kappa shape index (κ3) is 6.08. The number of ether oxygens (including phenoxy) is 1. The molecule has 5 heteroatoms. The zero-order valence-corrected chi connectivity index (χ0v) is 17.2. The summed E-state index contributed by atoms with van der Waals surface area (Å²) in [7, 11) is 4.07. The smallest absolute Gasteiger partial charge is 0.237 e. The monoisotopic (exact) mass is 381 g/mol. The highest BCUT2D eigenvalue weighted by atomic mass is 16.5. The molecule has 28 heavy (non-hydrogen) atoms. The van der Waals surface area contributed by atoms with Crippen LogP contribution in [0.15, 0.2) is 48.5 Å². The molecule has 1 heterocycles. The summed E-state index contributed by atoms with van der Waals surface area (Å²) in [6, 6.07) is 16.6. The highest BCUT2D eigenvalue weighted by molar-refractivity contribution is 5.79. The maximum atomic E-state index is 12.6. The molecule has 3 rings (SSSR count). The lowest BCUT2D eigenvalue weighted by molar-refractivity contribution is -0.136. The number of benzene rings is 2. The minimum Gasteiger partial charge on any atom is -0.492 e. The van der Waals surface area contributed by atoms with E-state index in [0.29, 0.717) is 19.7 Å². The standard InChI is InChI=1S/C23H31N3O2/c1-19-4-6-21(7-5-19)17-26-13-12-25(18-23(26)27)16-20-8-10-22(11-9-20)28-15-14-24(2)3/h4-11H,12-18H2,1-3H3. The van der Waals surface area contributed by atoms with Gasteiger partial charge in [-0.3, -0.25) is 9.69 Å². The highest BCUT2D eigenvalue weighted by Gasteiger charge is 2.23. The maximum absolute atomic E-state index is 12.6. The summed E-state index contributed by atoms with van der Waals surface area (Å²) in [6.45, 7) is 7.31. The number of carbonyl (C=O) groups is 1.